The number of hydrogen-bond donors (Lipinski definition) is 0. The maximum absolute atomic E-state index is 11.7. The number of esters is 1. The van der Waals surface area contributed by atoms with E-state index in [4.69, 9.17) is 4.74 Å². The monoisotopic (exact) mass is 254 g/mol. The zero-order chi connectivity index (χ0) is 12.7. The fourth-order valence-corrected chi connectivity index (χ4v) is 2.29. The number of aromatic nitrogens is 1. The zero-order valence-electron chi connectivity index (χ0n) is 10.5. The molecule has 0 radical (unpaired) electrons. The Balaban J connectivity index is 2.67. The molecule has 0 aromatic carbocycles. The van der Waals surface area contributed by atoms with E-state index >= 15 is 0 Å². The third kappa shape index (κ3) is 4.75. The van der Waals surface area contributed by atoms with Gasteiger partial charge < -0.3 is 9.64 Å². The molecule has 0 N–H and O–H groups in total. The highest BCUT2D eigenvalue weighted by molar-refractivity contribution is 7.99. The molecule has 1 heterocycles. The normalized spacial score (nSPS) is 10.6. The summed E-state index contributed by atoms with van der Waals surface area (Å²) in [7, 11) is 4.04. The lowest BCUT2D eigenvalue weighted by Gasteiger charge is -2.10. The molecule has 1 aromatic heterocycles. The van der Waals surface area contributed by atoms with Crippen LogP contribution in [0.15, 0.2) is 23.4 Å². The van der Waals surface area contributed by atoms with Crippen LogP contribution < -0.4 is 0 Å². The second-order valence-corrected chi connectivity index (χ2v) is 4.81. The molecule has 1 rings (SSSR count). The molecule has 0 fully saturated rings. The second kappa shape index (κ2) is 7.29. The number of rotatable bonds is 6. The molecule has 0 aliphatic carbocycles. The van der Waals surface area contributed by atoms with Crippen molar-refractivity contribution in [3.05, 3.63) is 23.9 Å². The van der Waals surface area contributed by atoms with Crippen molar-refractivity contribution in [1.82, 2.24) is 9.88 Å². The van der Waals surface area contributed by atoms with Gasteiger partial charge in [0.1, 0.15) is 5.03 Å². The molecule has 17 heavy (non-hydrogen) atoms. The molecule has 0 unspecified atom stereocenters. The van der Waals surface area contributed by atoms with Crippen LogP contribution in [0.3, 0.4) is 0 Å². The van der Waals surface area contributed by atoms with Crippen molar-refractivity contribution in [2.24, 2.45) is 0 Å². The van der Waals surface area contributed by atoms with Crippen molar-refractivity contribution in [2.75, 3.05) is 33.0 Å². The molecule has 0 saturated carbocycles. The van der Waals surface area contributed by atoms with Gasteiger partial charge in [-0.15, -0.1) is 11.8 Å². The first kappa shape index (κ1) is 14.0. The third-order valence-electron chi connectivity index (χ3n) is 2.04. The van der Waals surface area contributed by atoms with Crippen LogP contribution in [-0.4, -0.2) is 48.9 Å². The van der Waals surface area contributed by atoms with E-state index < -0.39 is 0 Å². The number of nitrogens with zero attached hydrogens (tertiary/aromatic N) is 2. The summed E-state index contributed by atoms with van der Waals surface area (Å²) in [4.78, 5) is 18.0. The molecule has 0 bridgehead atoms. The minimum atomic E-state index is -0.298. The Labute approximate surface area is 106 Å². The lowest BCUT2D eigenvalue weighted by atomic mass is 10.3. The molecule has 4 nitrogen and oxygen atoms in total. The van der Waals surface area contributed by atoms with Gasteiger partial charge >= 0.3 is 5.97 Å². The van der Waals surface area contributed by atoms with Gasteiger partial charge in [0.15, 0.2) is 0 Å². The number of ether oxygens (including phenoxy) is 1. The van der Waals surface area contributed by atoms with Crippen molar-refractivity contribution >= 4 is 17.7 Å². The minimum absolute atomic E-state index is 0.298. The Morgan fingerprint density at radius 1 is 1.53 bits per heavy atom. The molecule has 0 aliphatic heterocycles. The smallest absolute Gasteiger partial charge is 0.340 e. The average Bonchev–Trinajstić information content (AvgIpc) is 2.29. The maximum atomic E-state index is 11.7. The van der Waals surface area contributed by atoms with Crippen LogP contribution in [0.2, 0.25) is 0 Å². The molecule has 1 aromatic rings. The zero-order valence-corrected chi connectivity index (χ0v) is 11.3. The fraction of sp³-hybridized carbons (Fsp3) is 0.500. The van der Waals surface area contributed by atoms with Gasteiger partial charge in [0.2, 0.25) is 0 Å². The van der Waals surface area contributed by atoms with Crippen LogP contribution in [0.4, 0.5) is 0 Å². The summed E-state index contributed by atoms with van der Waals surface area (Å²) in [6.07, 6.45) is 1.70. The molecule has 0 saturated heterocycles. The van der Waals surface area contributed by atoms with E-state index in [1.54, 1.807) is 37.0 Å². The fourth-order valence-electron chi connectivity index (χ4n) is 1.19. The topological polar surface area (TPSA) is 42.4 Å². The minimum Gasteiger partial charge on any atom is -0.462 e. The van der Waals surface area contributed by atoms with E-state index in [-0.39, 0.29) is 5.97 Å². The first-order valence-corrected chi connectivity index (χ1v) is 6.53. The van der Waals surface area contributed by atoms with Crippen LogP contribution in [-0.2, 0) is 4.74 Å². The van der Waals surface area contributed by atoms with Crippen molar-refractivity contribution < 1.29 is 9.53 Å². The second-order valence-electron chi connectivity index (χ2n) is 3.73. The van der Waals surface area contributed by atoms with Crippen LogP contribution in [0.25, 0.3) is 0 Å². The summed E-state index contributed by atoms with van der Waals surface area (Å²) < 4.78 is 4.99. The van der Waals surface area contributed by atoms with Crippen molar-refractivity contribution in [2.45, 2.75) is 11.9 Å². The van der Waals surface area contributed by atoms with Crippen LogP contribution in [0.5, 0.6) is 0 Å². The first-order chi connectivity index (χ1) is 8.15. The molecule has 0 amide bonds. The number of thioether (sulfide) groups is 1. The van der Waals surface area contributed by atoms with Gasteiger partial charge in [0.05, 0.1) is 12.2 Å². The van der Waals surface area contributed by atoms with Crippen LogP contribution >= 0.6 is 11.8 Å². The first-order valence-electron chi connectivity index (χ1n) is 5.54. The SMILES string of the molecule is CCOC(=O)c1cccnc1SCCN(C)C. The molecule has 5 heteroatoms. The Kier molecular flexibility index (Phi) is 6.00. The summed E-state index contributed by atoms with van der Waals surface area (Å²) in [6, 6.07) is 3.51. The van der Waals surface area contributed by atoms with Crippen LogP contribution in [0, 0.1) is 0 Å². The number of pyridine rings is 1. The largest absolute Gasteiger partial charge is 0.462 e. The summed E-state index contributed by atoms with van der Waals surface area (Å²) in [6.45, 7) is 3.13. The molecule has 94 valence electrons. The number of carbonyl (C=O) groups excluding carboxylic acids is 1. The summed E-state index contributed by atoms with van der Waals surface area (Å²) in [5.74, 6) is 0.601. The number of carbonyl (C=O) groups is 1. The lowest BCUT2D eigenvalue weighted by Crippen LogP contribution is -2.15. The summed E-state index contributed by atoms with van der Waals surface area (Å²) in [5, 5.41) is 0.743. The van der Waals surface area contributed by atoms with Gasteiger partial charge in [-0.1, -0.05) is 0 Å². The van der Waals surface area contributed by atoms with Crippen molar-refractivity contribution in [3.8, 4) is 0 Å². The van der Waals surface area contributed by atoms with E-state index in [0.29, 0.717) is 12.2 Å². The highest BCUT2D eigenvalue weighted by Crippen LogP contribution is 2.20. The van der Waals surface area contributed by atoms with Crippen LogP contribution in [0.1, 0.15) is 17.3 Å². The van der Waals surface area contributed by atoms with Gasteiger partial charge in [-0.3, -0.25) is 0 Å². The molecule has 0 aliphatic rings. The van der Waals surface area contributed by atoms with Gasteiger partial charge in [-0.25, -0.2) is 9.78 Å². The Hall–Kier alpha value is -1.07. The van der Waals surface area contributed by atoms with Gasteiger partial charge in [-0.2, -0.15) is 0 Å². The van der Waals surface area contributed by atoms with E-state index in [1.165, 1.54) is 0 Å². The van der Waals surface area contributed by atoms with Gasteiger partial charge in [-0.05, 0) is 33.2 Å². The Bertz CT molecular complexity index is 369. The van der Waals surface area contributed by atoms with Crippen molar-refractivity contribution in [1.29, 1.82) is 0 Å². The predicted molar refractivity (Wildman–Crippen MR) is 69.5 cm³/mol. The quantitative estimate of drug-likeness (QED) is 0.573. The Morgan fingerprint density at radius 3 is 2.94 bits per heavy atom. The van der Waals surface area contributed by atoms with Gasteiger partial charge in [0.25, 0.3) is 0 Å². The van der Waals surface area contributed by atoms with E-state index in [2.05, 4.69) is 9.88 Å². The molecule has 0 spiro atoms. The van der Waals surface area contributed by atoms with E-state index in [1.807, 2.05) is 14.1 Å². The summed E-state index contributed by atoms with van der Waals surface area (Å²) >= 11 is 1.58. The lowest BCUT2D eigenvalue weighted by molar-refractivity contribution is 0.0521. The van der Waals surface area contributed by atoms with E-state index in [9.17, 15) is 4.79 Å². The number of hydrogen-bond acceptors (Lipinski definition) is 5. The highest BCUT2D eigenvalue weighted by atomic mass is 32.2. The summed E-state index contributed by atoms with van der Waals surface area (Å²) in [5.41, 5.74) is 0.554. The predicted octanol–water partition coefficient (Wildman–Crippen LogP) is 1.91. The highest BCUT2D eigenvalue weighted by Gasteiger charge is 2.13. The standard InChI is InChI=1S/C12H18N2O2S/c1-4-16-12(15)10-6-5-7-13-11(10)17-9-8-14(2)3/h5-7H,4,8-9H2,1-3H3. The van der Waals surface area contributed by atoms with E-state index in [0.717, 1.165) is 17.3 Å². The van der Waals surface area contributed by atoms with Crippen molar-refractivity contribution in [3.63, 3.8) is 0 Å². The molecular weight excluding hydrogens is 236 g/mol. The van der Waals surface area contributed by atoms with Gasteiger partial charge in [0, 0.05) is 18.5 Å². The maximum Gasteiger partial charge on any atom is 0.340 e. The third-order valence-corrected chi connectivity index (χ3v) is 3.03. The average molecular weight is 254 g/mol. The Morgan fingerprint density at radius 2 is 2.29 bits per heavy atom. The molecule has 0 atom stereocenters. The molecular formula is C12H18N2O2S.